The van der Waals surface area contributed by atoms with Crippen LogP contribution in [0.2, 0.25) is 0 Å². The number of aromatic carboxylic acids is 1. The number of carbonyl (C=O) groups is 2. The maximum atomic E-state index is 11.1. The third kappa shape index (κ3) is 2.81. The van der Waals surface area contributed by atoms with E-state index in [0.717, 1.165) is 6.20 Å². The molecule has 76 valence electrons. The van der Waals surface area contributed by atoms with Crippen LogP contribution in [0.1, 0.15) is 16.8 Å². The van der Waals surface area contributed by atoms with Crippen LogP contribution < -0.4 is 5.32 Å². The molecule has 0 saturated heterocycles. The van der Waals surface area contributed by atoms with Crippen LogP contribution >= 0.6 is 0 Å². The summed E-state index contributed by atoms with van der Waals surface area (Å²) >= 11 is 0. The minimum Gasteiger partial charge on any atom is -0.478 e. The second kappa shape index (κ2) is 4.77. The molecule has 0 bridgehead atoms. The van der Waals surface area contributed by atoms with Crippen molar-refractivity contribution in [3.8, 4) is 12.3 Å². The van der Waals surface area contributed by atoms with Crippen LogP contribution in [0.25, 0.3) is 0 Å². The quantitative estimate of drug-likeness (QED) is 0.712. The number of nitrogens with zero attached hydrogens (tertiary/aromatic N) is 1. The highest BCUT2D eigenvalue weighted by Crippen LogP contribution is 2.13. The normalized spacial score (nSPS) is 9.00. The molecule has 5 nitrogen and oxygen atoms in total. The minimum atomic E-state index is -1.15. The van der Waals surface area contributed by atoms with E-state index < -0.39 is 11.9 Å². The van der Waals surface area contributed by atoms with Crippen LogP contribution in [-0.2, 0) is 4.79 Å². The average Bonchev–Trinajstić information content (AvgIpc) is 2.18. The molecule has 15 heavy (non-hydrogen) atoms. The van der Waals surface area contributed by atoms with Crippen molar-refractivity contribution in [1.29, 1.82) is 0 Å². The topological polar surface area (TPSA) is 79.3 Å². The van der Waals surface area contributed by atoms with Gasteiger partial charge in [0.05, 0.1) is 12.1 Å². The third-order valence-corrected chi connectivity index (χ3v) is 1.59. The molecule has 0 aromatic carbocycles. The summed E-state index contributed by atoms with van der Waals surface area (Å²) in [6.07, 6.45) is 7.39. The predicted molar refractivity (Wildman–Crippen MR) is 53.3 cm³/mol. The van der Waals surface area contributed by atoms with Gasteiger partial charge in [-0.15, -0.1) is 6.42 Å². The molecule has 0 aliphatic rings. The lowest BCUT2D eigenvalue weighted by molar-refractivity contribution is -0.115. The zero-order valence-corrected chi connectivity index (χ0v) is 7.73. The first-order chi connectivity index (χ1) is 7.15. The summed E-state index contributed by atoms with van der Waals surface area (Å²) in [6, 6.07) is 1.40. The highest BCUT2D eigenvalue weighted by molar-refractivity contribution is 6.00. The van der Waals surface area contributed by atoms with E-state index in [1.54, 1.807) is 0 Å². The van der Waals surface area contributed by atoms with E-state index in [1.807, 2.05) is 0 Å². The zero-order valence-electron chi connectivity index (χ0n) is 7.73. The third-order valence-electron chi connectivity index (χ3n) is 1.59. The van der Waals surface area contributed by atoms with Gasteiger partial charge in [0.2, 0.25) is 5.91 Å². The van der Waals surface area contributed by atoms with E-state index in [4.69, 9.17) is 11.5 Å². The Morgan fingerprint density at radius 3 is 2.93 bits per heavy atom. The van der Waals surface area contributed by atoms with Gasteiger partial charge in [-0.25, -0.2) is 4.79 Å². The van der Waals surface area contributed by atoms with Gasteiger partial charge < -0.3 is 10.4 Å². The largest absolute Gasteiger partial charge is 0.478 e. The molecule has 0 spiro atoms. The summed E-state index contributed by atoms with van der Waals surface area (Å²) in [4.78, 5) is 25.5. The van der Waals surface area contributed by atoms with Crippen molar-refractivity contribution in [2.24, 2.45) is 0 Å². The van der Waals surface area contributed by atoms with Crippen molar-refractivity contribution in [1.82, 2.24) is 4.98 Å². The lowest BCUT2D eigenvalue weighted by Crippen LogP contribution is -2.13. The predicted octanol–water partition coefficient (Wildman–Crippen LogP) is 0.742. The molecule has 1 rings (SSSR count). The number of nitrogens with one attached hydrogen (secondary N) is 1. The minimum absolute atomic E-state index is 0.0668. The number of pyridine rings is 1. The number of aromatic nitrogens is 1. The van der Waals surface area contributed by atoms with Crippen molar-refractivity contribution in [3.63, 3.8) is 0 Å². The molecule has 0 aliphatic heterocycles. The fraction of sp³-hybridized carbons (Fsp3) is 0.100. The first-order valence-electron chi connectivity index (χ1n) is 4.05. The van der Waals surface area contributed by atoms with Gasteiger partial charge in [0, 0.05) is 12.4 Å². The number of rotatable bonds is 3. The Labute approximate surface area is 86.1 Å². The fourth-order valence-electron chi connectivity index (χ4n) is 0.961. The lowest BCUT2D eigenvalue weighted by Gasteiger charge is -2.05. The Balaban J connectivity index is 2.90. The Kier molecular flexibility index (Phi) is 3.41. The molecule has 0 saturated carbocycles. The van der Waals surface area contributed by atoms with Crippen molar-refractivity contribution in [3.05, 3.63) is 24.0 Å². The summed E-state index contributed by atoms with van der Waals surface area (Å²) in [5.41, 5.74) is 0.126. The molecule has 1 aromatic rings. The van der Waals surface area contributed by atoms with Gasteiger partial charge in [-0.05, 0) is 6.07 Å². The number of carboxylic acids is 1. The molecule has 0 radical (unpaired) electrons. The van der Waals surface area contributed by atoms with E-state index in [-0.39, 0.29) is 17.7 Å². The Bertz CT molecular complexity index is 435. The SMILES string of the molecule is C#CCC(=O)Nc1ccncc1C(=O)O. The Morgan fingerprint density at radius 1 is 1.60 bits per heavy atom. The maximum absolute atomic E-state index is 11.1. The van der Waals surface area contributed by atoms with Gasteiger partial charge in [0.15, 0.2) is 0 Å². The standard InChI is InChI=1S/C10H8N2O3/c1-2-3-9(13)12-8-4-5-11-6-7(8)10(14)15/h1,4-6H,3H2,(H,14,15)(H,11,12,13). The van der Waals surface area contributed by atoms with Gasteiger partial charge in [0.25, 0.3) is 0 Å². The highest BCUT2D eigenvalue weighted by atomic mass is 16.4. The number of anilines is 1. The monoisotopic (exact) mass is 204 g/mol. The first kappa shape index (κ1) is 10.7. The summed E-state index contributed by atoms with van der Waals surface area (Å²) in [5.74, 6) is 0.583. The molecule has 1 heterocycles. The molecule has 5 heteroatoms. The van der Waals surface area contributed by atoms with Gasteiger partial charge in [-0.3, -0.25) is 9.78 Å². The van der Waals surface area contributed by atoms with E-state index in [0.29, 0.717) is 0 Å². The van der Waals surface area contributed by atoms with Crippen LogP contribution in [0.4, 0.5) is 5.69 Å². The molecule has 1 aromatic heterocycles. The molecule has 2 N–H and O–H groups in total. The Hall–Kier alpha value is -2.35. The molecule has 0 aliphatic carbocycles. The average molecular weight is 204 g/mol. The second-order valence-corrected chi connectivity index (χ2v) is 2.66. The van der Waals surface area contributed by atoms with Crippen LogP contribution in [0.15, 0.2) is 18.5 Å². The molecular weight excluding hydrogens is 196 g/mol. The molecule has 0 fully saturated rings. The summed E-state index contributed by atoms with van der Waals surface area (Å²) < 4.78 is 0. The van der Waals surface area contributed by atoms with E-state index in [1.165, 1.54) is 12.3 Å². The van der Waals surface area contributed by atoms with Gasteiger partial charge in [0.1, 0.15) is 5.56 Å². The van der Waals surface area contributed by atoms with Crippen LogP contribution in [-0.4, -0.2) is 22.0 Å². The summed E-state index contributed by atoms with van der Waals surface area (Å²) in [5, 5.41) is 11.2. The zero-order chi connectivity index (χ0) is 11.3. The molecule has 0 atom stereocenters. The summed E-state index contributed by atoms with van der Waals surface area (Å²) in [6.45, 7) is 0. The molecule has 1 amide bonds. The number of amides is 1. The van der Waals surface area contributed by atoms with E-state index in [2.05, 4.69) is 16.2 Å². The number of hydrogen-bond donors (Lipinski definition) is 2. The van der Waals surface area contributed by atoms with Gasteiger partial charge in [-0.1, -0.05) is 5.92 Å². The van der Waals surface area contributed by atoms with Crippen LogP contribution in [0, 0.1) is 12.3 Å². The molecule has 0 unspecified atom stereocenters. The van der Waals surface area contributed by atoms with E-state index in [9.17, 15) is 9.59 Å². The van der Waals surface area contributed by atoms with Crippen molar-refractivity contribution >= 4 is 17.6 Å². The van der Waals surface area contributed by atoms with Gasteiger partial charge in [-0.2, -0.15) is 0 Å². The highest BCUT2D eigenvalue weighted by Gasteiger charge is 2.11. The van der Waals surface area contributed by atoms with Crippen LogP contribution in [0.5, 0.6) is 0 Å². The maximum Gasteiger partial charge on any atom is 0.339 e. The van der Waals surface area contributed by atoms with Crippen molar-refractivity contribution < 1.29 is 14.7 Å². The number of carbonyl (C=O) groups excluding carboxylic acids is 1. The number of hydrogen-bond acceptors (Lipinski definition) is 3. The van der Waals surface area contributed by atoms with Crippen molar-refractivity contribution in [2.45, 2.75) is 6.42 Å². The lowest BCUT2D eigenvalue weighted by atomic mass is 10.2. The first-order valence-corrected chi connectivity index (χ1v) is 4.05. The number of terminal acetylenes is 1. The summed E-state index contributed by atoms with van der Waals surface area (Å²) in [7, 11) is 0. The van der Waals surface area contributed by atoms with Gasteiger partial charge >= 0.3 is 5.97 Å². The van der Waals surface area contributed by atoms with Crippen LogP contribution in [0.3, 0.4) is 0 Å². The number of carboxylic acid groups (broad SMARTS) is 1. The smallest absolute Gasteiger partial charge is 0.339 e. The van der Waals surface area contributed by atoms with E-state index >= 15 is 0 Å². The van der Waals surface area contributed by atoms with Crippen molar-refractivity contribution in [2.75, 3.05) is 5.32 Å². The molecular formula is C10H8N2O3. The fourth-order valence-corrected chi connectivity index (χ4v) is 0.961. The Morgan fingerprint density at radius 2 is 2.33 bits per heavy atom. The second-order valence-electron chi connectivity index (χ2n) is 2.66.